The van der Waals surface area contributed by atoms with Crippen molar-refractivity contribution < 1.29 is 9.53 Å². The highest BCUT2D eigenvalue weighted by molar-refractivity contribution is 5.92. The number of likely N-dealkylation sites (tertiary alicyclic amines) is 1. The number of ether oxygens (including phenoxy) is 1. The number of amides is 1. The van der Waals surface area contributed by atoms with Crippen molar-refractivity contribution in [1.82, 2.24) is 4.90 Å². The molecule has 0 atom stereocenters. The predicted molar refractivity (Wildman–Crippen MR) is 99.8 cm³/mol. The molecule has 1 saturated heterocycles. The van der Waals surface area contributed by atoms with Crippen LogP contribution in [0.25, 0.3) is 0 Å². The minimum atomic E-state index is 0.0166. The number of hydrogen-bond donors (Lipinski definition) is 2. The van der Waals surface area contributed by atoms with Crippen LogP contribution >= 0.6 is 0 Å². The van der Waals surface area contributed by atoms with Gasteiger partial charge in [0.2, 0.25) is 5.91 Å². The number of nitrogens with two attached hydrogens (primary N) is 1. The number of anilines is 1. The molecule has 0 aliphatic carbocycles. The number of piperidine rings is 1. The second-order valence-corrected chi connectivity index (χ2v) is 6.44. The summed E-state index contributed by atoms with van der Waals surface area (Å²) in [4.78, 5) is 14.4. The third kappa shape index (κ3) is 5.31. The Morgan fingerprint density at radius 3 is 2.32 bits per heavy atom. The smallest absolute Gasteiger partial charge is 0.238 e. The van der Waals surface area contributed by atoms with Gasteiger partial charge in [0.05, 0.1) is 6.54 Å². The monoisotopic (exact) mass is 339 g/mol. The molecular weight excluding hydrogens is 314 g/mol. The molecule has 1 heterocycles. The zero-order chi connectivity index (χ0) is 17.5. The van der Waals surface area contributed by atoms with Gasteiger partial charge in [-0.15, -0.1) is 0 Å². The van der Waals surface area contributed by atoms with E-state index in [9.17, 15) is 4.79 Å². The second-order valence-electron chi connectivity index (χ2n) is 6.44. The summed E-state index contributed by atoms with van der Waals surface area (Å²) >= 11 is 0. The largest absolute Gasteiger partial charge is 0.457 e. The molecule has 1 fully saturated rings. The van der Waals surface area contributed by atoms with Crippen molar-refractivity contribution >= 4 is 11.6 Å². The van der Waals surface area contributed by atoms with E-state index < -0.39 is 0 Å². The number of benzene rings is 2. The fourth-order valence-corrected chi connectivity index (χ4v) is 3.01. The molecule has 5 heteroatoms. The molecule has 1 amide bonds. The summed E-state index contributed by atoms with van der Waals surface area (Å²) in [6.07, 6.45) is 2.16. The third-order valence-corrected chi connectivity index (χ3v) is 4.52. The van der Waals surface area contributed by atoms with Crippen LogP contribution in [-0.4, -0.2) is 37.0 Å². The van der Waals surface area contributed by atoms with Crippen LogP contribution in [0.2, 0.25) is 0 Å². The van der Waals surface area contributed by atoms with Crippen LogP contribution in [-0.2, 0) is 4.79 Å². The summed E-state index contributed by atoms with van der Waals surface area (Å²) in [7, 11) is 0. The number of nitrogens with one attached hydrogen (secondary N) is 1. The van der Waals surface area contributed by atoms with Crippen molar-refractivity contribution in [2.24, 2.45) is 11.7 Å². The molecular formula is C20H25N3O2. The molecule has 2 aromatic rings. The van der Waals surface area contributed by atoms with E-state index in [0.29, 0.717) is 12.5 Å². The minimum absolute atomic E-state index is 0.0166. The maximum absolute atomic E-state index is 12.2. The standard InChI is InChI=1S/C20H25N3O2/c21-14-16-10-12-23(13-11-16)15-20(24)22-17-6-8-19(9-7-17)25-18-4-2-1-3-5-18/h1-9,16H,10-15,21H2,(H,22,24). The van der Waals surface area contributed by atoms with Crippen LogP contribution in [0.15, 0.2) is 54.6 Å². The number of rotatable bonds is 6. The van der Waals surface area contributed by atoms with Crippen molar-refractivity contribution in [1.29, 1.82) is 0 Å². The molecule has 5 nitrogen and oxygen atoms in total. The van der Waals surface area contributed by atoms with E-state index in [1.807, 2.05) is 54.6 Å². The number of carbonyl (C=O) groups is 1. The first-order chi connectivity index (χ1) is 12.2. The van der Waals surface area contributed by atoms with Crippen LogP contribution in [0.5, 0.6) is 11.5 Å². The first-order valence-electron chi connectivity index (χ1n) is 8.78. The molecule has 0 aromatic heterocycles. The molecule has 0 saturated carbocycles. The molecule has 25 heavy (non-hydrogen) atoms. The van der Waals surface area contributed by atoms with E-state index >= 15 is 0 Å². The van der Waals surface area contributed by atoms with Crippen molar-refractivity contribution in [3.05, 3.63) is 54.6 Å². The van der Waals surface area contributed by atoms with E-state index in [1.165, 1.54) is 0 Å². The maximum atomic E-state index is 12.2. The van der Waals surface area contributed by atoms with E-state index in [1.54, 1.807) is 0 Å². The molecule has 2 aromatic carbocycles. The van der Waals surface area contributed by atoms with Gasteiger partial charge in [-0.2, -0.15) is 0 Å². The second kappa shape index (κ2) is 8.65. The lowest BCUT2D eigenvalue weighted by Crippen LogP contribution is -2.40. The highest BCUT2D eigenvalue weighted by Gasteiger charge is 2.19. The molecule has 3 rings (SSSR count). The van der Waals surface area contributed by atoms with Gasteiger partial charge in [-0.25, -0.2) is 0 Å². The lowest BCUT2D eigenvalue weighted by Gasteiger charge is -2.30. The Labute approximate surface area is 148 Å². The third-order valence-electron chi connectivity index (χ3n) is 4.52. The van der Waals surface area contributed by atoms with Gasteiger partial charge in [0.25, 0.3) is 0 Å². The normalized spacial score (nSPS) is 15.7. The zero-order valence-electron chi connectivity index (χ0n) is 14.4. The lowest BCUT2D eigenvalue weighted by atomic mass is 9.97. The van der Waals surface area contributed by atoms with Crippen molar-refractivity contribution in [3.63, 3.8) is 0 Å². The zero-order valence-corrected chi connectivity index (χ0v) is 14.4. The molecule has 0 radical (unpaired) electrons. The molecule has 0 spiro atoms. The highest BCUT2D eigenvalue weighted by atomic mass is 16.5. The van der Waals surface area contributed by atoms with E-state index in [0.717, 1.165) is 49.7 Å². The van der Waals surface area contributed by atoms with Gasteiger partial charge in [0.1, 0.15) is 11.5 Å². The molecule has 1 aliphatic rings. The molecule has 132 valence electrons. The van der Waals surface area contributed by atoms with E-state index in [-0.39, 0.29) is 5.91 Å². The average Bonchev–Trinajstić information content (AvgIpc) is 2.65. The number of carbonyl (C=O) groups excluding carboxylic acids is 1. The van der Waals surface area contributed by atoms with Gasteiger partial charge in [-0.1, -0.05) is 18.2 Å². The first-order valence-corrected chi connectivity index (χ1v) is 8.78. The van der Waals surface area contributed by atoms with Crippen LogP contribution in [0.4, 0.5) is 5.69 Å². The summed E-state index contributed by atoms with van der Waals surface area (Å²) < 4.78 is 5.75. The lowest BCUT2D eigenvalue weighted by molar-refractivity contribution is -0.117. The highest BCUT2D eigenvalue weighted by Crippen LogP contribution is 2.22. The Morgan fingerprint density at radius 1 is 1.04 bits per heavy atom. The number of hydrogen-bond acceptors (Lipinski definition) is 4. The Hall–Kier alpha value is -2.37. The number of nitrogens with zero attached hydrogens (tertiary/aromatic N) is 1. The fourth-order valence-electron chi connectivity index (χ4n) is 3.01. The van der Waals surface area contributed by atoms with Crippen molar-refractivity contribution in [2.75, 3.05) is 31.5 Å². The Balaban J connectivity index is 1.47. The summed E-state index contributed by atoms with van der Waals surface area (Å²) in [6.45, 7) is 3.06. The van der Waals surface area contributed by atoms with Crippen molar-refractivity contribution in [2.45, 2.75) is 12.8 Å². The van der Waals surface area contributed by atoms with Gasteiger partial charge in [-0.05, 0) is 74.8 Å². The van der Waals surface area contributed by atoms with Gasteiger partial charge < -0.3 is 15.8 Å². The van der Waals surface area contributed by atoms with Crippen molar-refractivity contribution in [3.8, 4) is 11.5 Å². The fraction of sp³-hybridized carbons (Fsp3) is 0.350. The topological polar surface area (TPSA) is 67.6 Å². The van der Waals surface area contributed by atoms with Gasteiger partial charge in [0, 0.05) is 5.69 Å². The summed E-state index contributed by atoms with van der Waals surface area (Å²) in [5.41, 5.74) is 6.48. The van der Waals surface area contributed by atoms with Crippen LogP contribution in [0, 0.1) is 5.92 Å². The molecule has 1 aliphatic heterocycles. The quantitative estimate of drug-likeness (QED) is 0.849. The van der Waals surface area contributed by atoms with Crippen LogP contribution in [0.1, 0.15) is 12.8 Å². The first kappa shape index (κ1) is 17.5. The van der Waals surface area contributed by atoms with Gasteiger partial charge in [-0.3, -0.25) is 9.69 Å². The van der Waals surface area contributed by atoms with Crippen LogP contribution < -0.4 is 15.8 Å². The Bertz CT molecular complexity index is 665. The molecule has 0 bridgehead atoms. The van der Waals surface area contributed by atoms with E-state index in [4.69, 9.17) is 10.5 Å². The molecule has 3 N–H and O–H groups in total. The van der Waals surface area contributed by atoms with E-state index in [2.05, 4.69) is 10.2 Å². The summed E-state index contributed by atoms with van der Waals surface area (Å²) in [6, 6.07) is 17.1. The van der Waals surface area contributed by atoms with Gasteiger partial charge >= 0.3 is 0 Å². The summed E-state index contributed by atoms with van der Waals surface area (Å²) in [5.74, 6) is 2.16. The average molecular weight is 339 g/mol. The molecule has 0 unspecified atom stereocenters. The Kier molecular flexibility index (Phi) is 6.04. The summed E-state index contributed by atoms with van der Waals surface area (Å²) in [5, 5.41) is 2.94. The van der Waals surface area contributed by atoms with Gasteiger partial charge in [0.15, 0.2) is 0 Å². The predicted octanol–water partition coefficient (Wildman–Crippen LogP) is 3.09. The maximum Gasteiger partial charge on any atom is 0.238 e. The van der Waals surface area contributed by atoms with Crippen LogP contribution in [0.3, 0.4) is 0 Å². The SMILES string of the molecule is NCC1CCN(CC(=O)Nc2ccc(Oc3ccccc3)cc2)CC1. The number of para-hydroxylation sites is 1. The Morgan fingerprint density at radius 2 is 1.68 bits per heavy atom. The minimum Gasteiger partial charge on any atom is -0.457 e.